The van der Waals surface area contributed by atoms with Crippen LogP contribution in [0.15, 0.2) is 46.9 Å². The molecular formula is C16H13BrO5. The molecule has 2 aromatic carbocycles. The van der Waals surface area contributed by atoms with Crippen LogP contribution in [0.25, 0.3) is 0 Å². The molecule has 0 radical (unpaired) electrons. The number of carbonyl (C=O) groups excluding carboxylic acids is 1. The number of aromatic carboxylic acids is 1. The summed E-state index contributed by atoms with van der Waals surface area (Å²) in [5, 5.41) is 9.08. The maximum Gasteiger partial charge on any atom is 0.341 e. The van der Waals surface area contributed by atoms with Gasteiger partial charge < -0.3 is 14.6 Å². The molecule has 0 saturated heterocycles. The van der Waals surface area contributed by atoms with Crippen LogP contribution in [0.3, 0.4) is 0 Å². The van der Waals surface area contributed by atoms with Gasteiger partial charge in [-0.1, -0.05) is 12.1 Å². The van der Waals surface area contributed by atoms with Crippen molar-refractivity contribution in [2.75, 3.05) is 6.61 Å². The summed E-state index contributed by atoms with van der Waals surface area (Å²) >= 11 is 3.34. The summed E-state index contributed by atoms with van der Waals surface area (Å²) in [4.78, 5) is 23.1. The summed E-state index contributed by atoms with van der Waals surface area (Å²) in [5.74, 6) is -1.07. The van der Waals surface area contributed by atoms with Crippen molar-refractivity contribution in [3.8, 4) is 11.5 Å². The van der Waals surface area contributed by atoms with E-state index >= 15 is 0 Å². The molecule has 0 fully saturated rings. The Morgan fingerprint density at radius 1 is 1.14 bits per heavy atom. The third-order valence-corrected chi connectivity index (χ3v) is 3.44. The first-order chi connectivity index (χ1) is 10.5. The molecule has 6 heteroatoms. The van der Waals surface area contributed by atoms with Crippen LogP contribution < -0.4 is 4.74 Å². The third kappa shape index (κ3) is 3.65. The number of hydrogen-bond acceptors (Lipinski definition) is 4. The van der Waals surface area contributed by atoms with E-state index in [1.54, 1.807) is 25.1 Å². The first-order valence-corrected chi connectivity index (χ1v) is 7.29. The van der Waals surface area contributed by atoms with Gasteiger partial charge in [0.2, 0.25) is 0 Å². The molecular weight excluding hydrogens is 352 g/mol. The first-order valence-electron chi connectivity index (χ1n) is 6.49. The maximum absolute atomic E-state index is 12.0. The van der Waals surface area contributed by atoms with Gasteiger partial charge in [0.15, 0.2) is 0 Å². The largest absolute Gasteiger partial charge is 0.478 e. The molecule has 5 nitrogen and oxygen atoms in total. The number of benzene rings is 2. The van der Waals surface area contributed by atoms with E-state index in [0.29, 0.717) is 10.2 Å². The molecule has 2 aromatic rings. The van der Waals surface area contributed by atoms with Crippen molar-refractivity contribution in [3.63, 3.8) is 0 Å². The number of para-hydroxylation sites is 1. The van der Waals surface area contributed by atoms with E-state index in [4.69, 9.17) is 14.6 Å². The third-order valence-electron chi connectivity index (χ3n) is 2.78. The minimum Gasteiger partial charge on any atom is -0.478 e. The number of hydrogen-bond donors (Lipinski definition) is 1. The van der Waals surface area contributed by atoms with Gasteiger partial charge in [0, 0.05) is 0 Å². The Balaban J connectivity index is 2.45. The van der Waals surface area contributed by atoms with E-state index in [-0.39, 0.29) is 23.5 Å². The monoisotopic (exact) mass is 364 g/mol. The molecule has 0 aromatic heterocycles. The van der Waals surface area contributed by atoms with Crippen LogP contribution in [-0.4, -0.2) is 23.7 Å². The molecule has 0 aliphatic carbocycles. The highest BCUT2D eigenvalue weighted by atomic mass is 79.9. The van der Waals surface area contributed by atoms with Gasteiger partial charge in [-0.2, -0.15) is 0 Å². The fourth-order valence-corrected chi connectivity index (χ4v) is 2.13. The normalized spacial score (nSPS) is 10.1. The fraction of sp³-hybridized carbons (Fsp3) is 0.125. The smallest absolute Gasteiger partial charge is 0.341 e. The Labute approximate surface area is 135 Å². The number of ether oxygens (including phenoxy) is 2. The zero-order chi connectivity index (χ0) is 16.1. The second kappa shape index (κ2) is 7.09. The van der Waals surface area contributed by atoms with Crippen LogP contribution in [0.1, 0.15) is 27.6 Å². The SMILES string of the molecule is CCOC(=O)c1ccc(C(=O)O)cc1Oc1ccccc1Br. The van der Waals surface area contributed by atoms with Crippen molar-refractivity contribution < 1.29 is 24.2 Å². The number of halogens is 1. The van der Waals surface area contributed by atoms with Crippen molar-refractivity contribution in [2.45, 2.75) is 6.92 Å². The Bertz CT molecular complexity index is 711. The lowest BCUT2D eigenvalue weighted by Crippen LogP contribution is -2.08. The Hall–Kier alpha value is -2.34. The Kier molecular flexibility index (Phi) is 5.16. The second-order valence-electron chi connectivity index (χ2n) is 4.27. The standard InChI is InChI=1S/C16H13BrO5/c1-2-21-16(20)11-8-7-10(15(18)19)9-14(11)22-13-6-4-3-5-12(13)17/h3-9H,2H2,1H3,(H,18,19). The molecule has 1 N–H and O–H groups in total. The Morgan fingerprint density at radius 3 is 2.50 bits per heavy atom. The number of carboxylic acid groups (broad SMARTS) is 1. The van der Waals surface area contributed by atoms with Crippen molar-refractivity contribution in [1.82, 2.24) is 0 Å². The van der Waals surface area contributed by atoms with E-state index in [9.17, 15) is 9.59 Å². The number of esters is 1. The van der Waals surface area contributed by atoms with Crippen molar-refractivity contribution in [2.24, 2.45) is 0 Å². The highest BCUT2D eigenvalue weighted by Crippen LogP contribution is 2.32. The molecule has 0 saturated carbocycles. The number of carboxylic acids is 1. The summed E-state index contributed by atoms with van der Waals surface area (Å²) in [6, 6.07) is 11.1. The molecule has 0 heterocycles. The Morgan fingerprint density at radius 2 is 1.86 bits per heavy atom. The van der Waals surface area contributed by atoms with E-state index < -0.39 is 11.9 Å². The zero-order valence-electron chi connectivity index (χ0n) is 11.7. The van der Waals surface area contributed by atoms with E-state index in [1.165, 1.54) is 18.2 Å². The highest BCUT2D eigenvalue weighted by molar-refractivity contribution is 9.10. The lowest BCUT2D eigenvalue weighted by Gasteiger charge is -2.12. The summed E-state index contributed by atoms with van der Waals surface area (Å²) in [5.41, 5.74) is 0.192. The predicted molar refractivity (Wildman–Crippen MR) is 83.6 cm³/mol. The van der Waals surface area contributed by atoms with Crippen molar-refractivity contribution in [1.29, 1.82) is 0 Å². The van der Waals surface area contributed by atoms with Crippen LogP contribution in [0.5, 0.6) is 11.5 Å². The average molecular weight is 365 g/mol. The zero-order valence-corrected chi connectivity index (χ0v) is 13.3. The predicted octanol–water partition coefficient (Wildman–Crippen LogP) is 4.12. The van der Waals surface area contributed by atoms with Gasteiger partial charge >= 0.3 is 11.9 Å². The number of rotatable bonds is 5. The van der Waals surface area contributed by atoms with Crippen LogP contribution in [0.2, 0.25) is 0 Å². The minimum absolute atomic E-state index is 0.0232. The van der Waals surface area contributed by atoms with Crippen molar-refractivity contribution >= 4 is 27.9 Å². The molecule has 114 valence electrons. The molecule has 0 spiro atoms. The van der Waals surface area contributed by atoms with Gasteiger partial charge in [-0.15, -0.1) is 0 Å². The van der Waals surface area contributed by atoms with E-state index in [2.05, 4.69) is 15.9 Å². The lowest BCUT2D eigenvalue weighted by atomic mass is 10.1. The summed E-state index contributed by atoms with van der Waals surface area (Å²) in [7, 11) is 0. The topological polar surface area (TPSA) is 72.8 Å². The molecule has 0 amide bonds. The molecule has 0 aliphatic rings. The summed E-state index contributed by atoms with van der Waals surface area (Å²) in [6.45, 7) is 1.91. The molecule has 0 aliphatic heterocycles. The molecule has 0 atom stereocenters. The van der Waals surface area contributed by atoms with E-state index in [0.717, 1.165) is 0 Å². The second-order valence-corrected chi connectivity index (χ2v) is 5.12. The summed E-state index contributed by atoms with van der Waals surface area (Å²) < 4.78 is 11.3. The maximum atomic E-state index is 12.0. The molecule has 2 rings (SSSR count). The van der Waals surface area contributed by atoms with Crippen LogP contribution in [-0.2, 0) is 4.74 Å². The summed E-state index contributed by atoms with van der Waals surface area (Å²) in [6.07, 6.45) is 0. The van der Waals surface area contributed by atoms with Crippen LogP contribution in [0, 0.1) is 0 Å². The van der Waals surface area contributed by atoms with Crippen molar-refractivity contribution in [3.05, 3.63) is 58.1 Å². The first kappa shape index (κ1) is 16.0. The van der Waals surface area contributed by atoms with E-state index in [1.807, 2.05) is 6.07 Å². The van der Waals surface area contributed by atoms with Gasteiger partial charge in [-0.3, -0.25) is 0 Å². The average Bonchev–Trinajstić information content (AvgIpc) is 2.49. The van der Waals surface area contributed by atoms with Crippen LogP contribution >= 0.6 is 15.9 Å². The highest BCUT2D eigenvalue weighted by Gasteiger charge is 2.18. The van der Waals surface area contributed by atoms with Gasteiger partial charge in [-0.05, 0) is 53.2 Å². The lowest BCUT2D eigenvalue weighted by molar-refractivity contribution is 0.0522. The number of carbonyl (C=O) groups is 2. The van der Waals surface area contributed by atoms with Gasteiger partial charge in [0.25, 0.3) is 0 Å². The van der Waals surface area contributed by atoms with Crippen LogP contribution in [0.4, 0.5) is 0 Å². The minimum atomic E-state index is -1.10. The van der Waals surface area contributed by atoms with Gasteiger partial charge in [0.05, 0.1) is 16.6 Å². The van der Waals surface area contributed by atoms with Gasteiger partial charge in [0.1, 0.15) is 17.1 Å². The quantitative estimate of drug-likeness (QED) is 0.807. The molecule has 22 heavy (non-hydrogen) atoms. The van der Waals surface area contributed by atoms with Gasteiger partial charge in [-0.25, -0.2) is 9.59 Å². The molecule has 0 unspecified atom stereocenters. The molecule has 0 bridgehead atoms. The fourth-order valence-electron chi connectivity index (χ4n) is 1.76.